The van der Waals surface area contributed by atoms with Crippen LogP contribution in [0, 0.1) is 0 Å². The molecule has 1 aromatic heterocycles. The summed E-state index contributed by atoms with van der Waals surface area (Å²) in [6.07, 6.45) is 3.92. The predicted molar refractivity (Wildman–Crippen MR) is 118 cm³/mol. The number of anilines is 1. The van der Waals surface area contributed by atoms with Crippen molar-refractivity contribution in [3.63, 3.8) is 0 Å². The maximum absolute atomic E-state index is 12.5. The number of primary amides is 1. The number of rotatable bonds is 6. The second-order valence-electron chi connectivity index (χ2n) is 7.20. The number of hydrogen-bond acceptors (Lipinski definition) is 4. The lowest BCUT2D eigenvalue weighted by molar-refractivity contribution is -0.116. The zero-order valence-corrected chi connectivity index (χ0v) is 17.7. The second-order valence-corrected chi connectivity index (χ2v) is 8.12. The lowest BCUT2D eigenvalue weighted by Crippen LogP contribution is -2.15. The van der Waals surface area contributed by atoms with Crippen molar-refractivity contribution in [2.24, 2.45) is 5.73 Å². The highest BCUT2D eigenvalue weighted by Gasteiger charge is 2.24. The highest BCUT2D eigenvalue weighted by Crippen LogP contribution is 2.37. The van der Waals surface area contributed by atoms with E-state index in [1.54, 1.807) is 36.4 Å². The first-order valence-electron chi connectivity index (χ1n) is 9.60. The first kappa shape index (κ1) is 20.1. The summed E-state index contributed by atoms with van der Waals surface area (Å²) in [5.41, 5.74) is 8.21. The molecular weight excluding hydrogens is 446 g/mol. The Kier molecular flexibility index (Phi) is 5.81. The Morgan fingerprint density at radius 3 is 2.77 bits per heavy atom. The fraction of sp³-hybridized carbons (Fsp3) is 0.174. The zero-order valence-electron chi connectivity index (χ0n) is 16.1. The standard InChI is InChI=1S/C23H20BrN3O3/c24-17-6-8-20-14(10-17)4-5-15(20)12-22(28)27-21-9-7-19(13-26-21)30-18-3-1-2-16(11-18)23(25)29/h1-3,6-11,13,15H,4-5,12H2,(H2,25,29)(H,26,27,28). The summed E-state index contributed by atoms with van der Waals surface area (Å²) >= 11 is 3.50. The number of carbonyl (C=O) groups is 2. The third kappa shape index (κ3) is 4.68. The van der Waals surface area contributed by atoms with Crippen LogP contribution in [0.25, 0.3) is 0 Å². The van der Waals surface area contributed by atoms with Crippen molar-refractivity contribution in [2.45, 2.75) is 25.2 Å². The summed E-state index contributed by atoms with van der Waals surface area (Å²) in [5.74, 6) is 1.09. The third-order valence-electron chi connectivity index (χ3n) is 5.10. The van der Waals surface area contributed by atoms with Crippen LogP contribution >= 0.6 is 15.9 Å². The molecular formula is C23H20BrN3O3. The summed E-state index contributed by atoms with van der Waals surface area (Å²) in [4.78, 5) is 28.0. The molecule has 6 nitrogen and oxygen atoms in total. The topological polar surface area (TPSA) is 94.3 Å². The van der Waals surface area contributed by atoms with Crippen molar-refractivity contribution in [3.05, 3.63) is 82.0 Å². The van der Waals surface area contributed by atoms with Gasteiger partial charge in [0.2, 0.25) is 11.8 Å². The normalized spacial score (nSPS) is 14.8. The van der Waals surface area contributed by atoms with Crippen LogP contribution in [0.2, 0.25) is 0 Å². The van der Waals surface area contributed by atoms with E-state index >= 15 is 0 Å². The Morgan fingerprint density at radius 2 is 2.00 bits per heavy atom. The molecule has 0 saturated heterocycles. The summed E-state index contributed by atoms with van der Waals surface area (Å²) in [5, 5.41) is 2.85. The van der Waals surface area contributed by atoms with E-state index in [1.807, 2.05) is 6.07 Å². The molecule has 1 aliphatic rings. The Balaban J connectivity index is 1.35. The van der Waals surface area contributed by atoms with Gasteiger partial charge in [0.1, 0.15) is 17.3 Å². The number of nitrogens with zero attached hydrogens (tertiary/aromatic N) is 1. The molecule has 0 saturated carbocycles. The van der Waals surface area contributed by atoms with Gasteiger partial charge in [-0.05, 0) is 72.4 Å². The van der Waals surface area contributed by atoms with Gasteiger partial charge in [0.05, 0.1) is 6.20 Å². The lowest BCUT2D eigenvalue weighted by atomic mass is 9.97. The molecule has 1 heterocycles. The molecule has 30 heavy (non-hydrogen) atoms. The quantitative estimate of drug-likeness (QED) is 0.546. The van der Waals surface area contributed by atoms with Gasteiger partial charge >= 0.3 is 0 Å². The SMILES string of the molecule is NC(=O)c1cccc(Oc2ccc(NC(=O)CC3CCc4cc(Br)ccc43)nc2)c1. The number of amides is 2. The van der Waals surface area contributed by atoms with Gasteiger partial charge in [0.15, 0.2) is 0 Å². The van der Waals surface area contributed by atoms with Crippen LogP contribution in [0.3, 0.4) is 0 Å². The van der Waals surface area contributed by atoms with Crippen LogP contribution in [0.1, 0.15) is 40.2 Å². The molecule has 0 radical (unpaired) electrons. The highest BCUT2D eigenvalue weighted by molar-refractivity contribution is 9.10. The maximum atomic E-state index is 12.5. The molecule has 3 aromatic rings. The molecule has 0 fully saturated rings. The molecule has 4 rings (SSSR count). The Morgan fingerprint density at radius 1 is 1.13 bits per heavy atom. The lowest BCUT2D eigenvalue weighted by Gasteiger charge is -2.12. The number of aromatic nitrogens is 1. The molecule has 1 aliphatic carbocycles. The van der Waals surface area contributed by atoms with Crippen molar-refractivity contribution in [1.29, 1.82) is 0 Å². The van der Waals surface area contributed by atoms with Gasteiger partial charge < -0.3 is 15.8 Å². The summed E-state index contributed by atoms with van der Waals surface area (Å²) in [7, 11) is 0. The number of pyridine rings is 1. The van der Waals surface area contributed by atoms with Crippen LogP contribution in [-0.2, 0) is 11.2 Å². The number of ether oxygens (including phenoxy) is 1. The molecule has 3 N–H and O–H groups in total. The van der Waals surface area contributed by atoms with E-state index in [0.717, 1.165) is 17.3 Å². The van der Waals surface area contributed by atoms with Crippen LogP contribution in [0.4, 0.5) is 5.82 Å². The van der Waals surface area contributed by atoms with Gasteiger partial charge in [-0.3, -0.25) is 9.59 Å². The number of hydrogen-bond donors (Lipinski definition) is 2. The molecule has 2 aromatic carbocycles. The molecule has 0 aliphatic heterocycles. The largest absolute Gasteiger partial charge is 0.456 e. The molecule has 0 bridgehead atoms. The van der Waals surface area contributed by atoms with E-state index in [4.69, 9.17) is 10.5 Å². The molecule has 0 spiro atoms. The number of nitrogens with two attached hydrogens (primary N) is 1. The molecule has 1 unspecified atom stereocenters. The molecule has 1 atom stereocenters. The van der Waals surface area contributed by atoms with E-state index in [2.05, 4.69) is 38.4 Å². The summed E-state index contributed by atoms with van der Waals surface area (Å²) < 4.78 is 6.77. The van der Waals surface area contributed by atoms with Gasteiger partial charge in [-0.25, -0.2) is 4.98 Å². The minimum absolute atomic E-state index is 0.0638. The van der Waals surface area contributed by atoms with E-state index in [1.165, 1.54) is 17.3 Å². The van der Waals surface area contributed by atoms with Crippen LogP contribution in [0.15, 0.2) is 65.3 Å². The van der Waals surface area contributed by atoms with Crippen molar-refractivity contribution in [3.8, 4) is 11.5 Å². The molecule has 2 amide bonds. The minimum Gasteiger partial charge on any atom is -0.456 e. The third-order valence-corrected chi connectivity index (χ3v) is 5.59. The summed E-state index contributed by atoms with van der Waals surface area (Å²) in [6, 6.07) is 16.2. The van der Waals surface area contributed by atoms with Crippen LogP contribution in [-0.4, -0.2) is 16.8 Å². The molecule has 7 heteroatoms. The maximum Gasteiger partial charge on any atom is 0.248 e. The number of nitrogens with one attached hydrogen (secondary N) is 1. The Bertz CT molecular complexity index is 1100. The van der Waals surface area contributed by atoms with E-state index in [0.29, 0.717) is 29.3 Å². The fourth-order valence-corrected chi connectivity index (χ4v) is 4.08. The monoisotopic (exact) mass is 465 g/mol. The number of benzene rings is 2. The van der Waals surface area contributed by atoms with E-state index in [9.17, 15) is 9.59 Å². The number of halogens is 1. The number of carbonyl (C=O) groups excluding carboxylic acids is 2. The van der Waals surface area contributed by atoms with Gasteiger partial charge in [0, 0.05) is 16.5 Å². The van der Waals surface area contributed by atoms with Gasteiger partial charge in [-0.2, -0.15) is 0 Å². The van der Waals surface area contributed by atoms with Gasteiger partial charge in [-0.1, -0.05) is 28.1 Å². The number of aryl methyl sites for hydroxylation is 1. The van der Waals surface area contributed by atoms with Crippen LogP contribution < -0.4 is 15.8 Å². The van der Waals surface area contributed by atoms with Crippen LogP contribution in [0.5, 0.6) is 11.5 Å². The average Bonchev–Trinajstić information content (AvgIpc) is 3.11. The van der Waals surface area contributed by atoms with Crippen molar-refractivity contribution >= 4 is 33.6 Å². The van der Waals surface area contributed by atoms with Crippen molar-refractivity contribution in [2.75, 3.05) is 5.32 Å². The molecule has 152 valence electrons. The summed E-state index contributed by atoms with van der Waals surface area (Å²) in [6.45, 7) is 0. The zero-order chi connectivity index (χ0) is 21.1. The van der Waals surface area contributed by atoms with E-state index < -0.39 is 5.91 Å². The fourth-order valence-electron chi connectivity index (χ4n) is 3.67. The predicted octanol–water partition coefficient (Wildman–Crippen LogP) is 4.79. The van der Waals surface area contributed by atoms with Crippen molar-refractivity contribution < 1.29 is 14.3 Å². The number of fused-ring (bicyclic) bond motifs is 1. The first-order chi connectivity index (χ1) is 14.5. The highest BCUT2D eigenvalue weighted by atomic mass is 79.9. The van der Waals surface area contributed by atoms with E-state index in [-0.39, 0.29) is 11.8 Å². The Labute approximate surface area is 182 Å². The minimum atomic E-state index is -0.519. The first-order valence-corrected chi connectivity index (χ1v) is 10.4. The van der Waals surface area contributed by atoms with Gasteiger partial charge in [0.25, 0.3) is 0 Å². The smallest absolute Gasteiger partial charge is 0.248 e. The second kappa shape index (κ2) is 8.67. The Hall–Kier alpha value is -3.19. The van der Waals surface area contributed by atoms with Crippen molar-refractivity contribution in [1.82, 2.24) is 4.98 Å². The average molecular weight is 466 g/mol. The van der Waals surface area contributed by atoms with Gasteiger partial charge in [-0.15, -0.1) is 0 Å².